The van der Waals surface area contributed by atoms with Gasteiger partial charge in [0.1, 0.15) is 45.9 Å². The number of halogens is 2. The molecule has 0 spiro atoms. The number of nitrogens with zero attached hydrogens (tertiary/aromatic N) is 5. The molecule has 4 rings (SSSR count). The maximum Gasteiger partial charge on any atom is 0.246 e. The lowest BCUT2D eigenvalue weighted by Gasteiger charge is -2.31. The summed E-state index contributed by atoms with van der Waals surface area (Å²) < 4.78 is 76.5. The molecule has 2 aromatic carbocycles. The van der Waals surface area contributed by atoms with Gasteiger partial charge in [0.15, 0.2) is 5.82 Å². The quantitative estimate of drug-likeness (QED) is 0.192. The summed E-state index contributed by atoms with van der Waals surface area (Å²) in [4.78, 5) is 4.50. The van der Waals surface area contributed by atoms with Crippen LogP contribution in [0.25, 0.3) is 17.2 Å². The number of hydrogen-bond acceptors (Lipinski definition) is 9. The highest BCUT2D eigenvalue weighted by Gasteiger charge is 2.40. The highest BCUT2D eigenvalue weighted by molar-refractivity contribution is 7.93. The fraction of sp³-hybridized carbons (Fsp3) is 0.367. The second-order valence-corrected chi connectivity index (χ2v) is 19.3. The molecule has 0 amide bonds. The van der Waals surface area contributed by atoms with Gasteiger partial charge in [0, 0.05) is 32.3 Å². The smallest absolute Gasteiger partial charge is 0.246 e. The van der Waals surface area contributed by atoms with E-state index in [9.17, 15) is 22.3 Å². The van der Waals surface area contributed by atoms with E-state index < -0.39 is 41.1 Å². The average molecular weight is 662 g/mol. The molecule has 0 fully saturated rings. The summed E-state index contributed by atoms with van der Waals surface area (Å²) in [6, 6.07) is 13.2. The minimum Gasteiger partial charge on any atom is -0.494 e. The number of aliphatic hydroxyl groups excluding tert-OH is 1. The first-order valence-corrected chi connectivity index (χ1v) is 19.3. The second-order valence-electron chi connectivity index (χ2n) is 11.5. The zero-order valence-corrected chi connectivity index (χ0v) is 28.0. The lowest BCUT2D eigenvalue weighted by atomic mass is 10.1. The third-order valence-electron chi connectivity index (χ3n) is 7.22. The number of aliphatic hydroxyl groups is 1. The lowest BCUT2D eigenvalue weighted by Crippen LogP contribution is -2.44. The first-order valence-electron chi connectivity index (χ1n) is 14.1. The van der Waals surface area contributed by atoms with Crippen LogP contribution >= 0.6 is 0 Å². The largest absolute Gasteiger partial charge is 0.494 e. The van der Waals surface area contributed by atoms with Gasteiger partial charge in [0.25, 0.3) is 0 Å². The van der Waals surface area contributed by atoms with Gasteiger partial charge < -0.3 is 19.3 Å². The van der Waals surface area contributed by atoms with E-state index >= 15 is 0 Å². The van der Waals surface area contributed by atoms with E-state index in [0.29, 0.717) is 35.0 Å². The lowest BCUT2D eigenvalue weighted by molar-refractivity contribution is 0.171. The zero-order chi connectivity index (χ0) is 33.1. The molecule has 45 heavy (non-hydrogen) atoms. The number of anilines is 1. The van der Waals surface area contributed by atoms with E-state index in [1.807, 2.05) is 0 Å². The molecule has 0 bridgehead atoms. The molecule has 4 aromatic rings. The predicted molar refractivity (Wildman–Crippen MR) is 169 cm³/mol. The molecular weight excluding hydrogens is 625 g/mol. The number of aromatic nitrogens is 4. The van der Waals surface area contributed by atoms with E-state index in [0.717, 1.165) is 16.4 Å². The van der Waals surface area contributed by atoms with Crippen molar-refractivity contribution in [3.05, 3.63) is 71.8 Å². The topological polar surface area (TPSA) is 129 Å². The molecule has 11 nitrogen and oxygen atoms in total. The molecular formula is C30H37F2N5O6SSi. The van der Waals surface area contributed by atoms with Crippen LogP contribution in [-0.4, -0.2) is 74.5 Å². The molecule has 0 unspecified atom stereocenters. The van der Waals surface area contributed by atoms with E-state index in [1.54, 1.807) is 36.4 Å². The number of ether oxygens (including phenoxy) is 3. The van der Waals surface area contributed by atoms with Crippen LogP contribution in [0.2, 0.25) is 25.7 Å². The van der Waals surface area contributed by atoms with Gasteiger partial charge in [-0.15, -0.1) is 10.2 Å². The molecule has 0 aliphatic rings. The number of hydrogen-bond donors (Lipinski definition) is 1. The molecule has 0 aliphatic heterocycles. The SMILES string of the molecule is COc1cccc(-c2nnc(N(CC[Si](C)(C)C)S(=O)(=O)[C@@H](C)[C@@H](O)c3ccc(F)cc3F)n2-c2c(OC)cccc2OC)n1. The van der Waals surface area contributed by atoms with Crippen molar-refractivity contribution >= 4 is 24.0 Å². The Morgan fingerprint density at radius 2 is 1.60 bits per heavy atom. The highest BCUT2D eigenvalue weighted by Crippen LogP contribution is 2.40. The Labute approximate surface area is 262 Å². The molecule has 0 aliphatic carbocycles. The fourth-order valence-corrected chi connectivity index (χ4v) is 7.27. The van der Waals surface area contributed by atoms with E-state index in [1.165, 1.54) is 32.8 Å². The zero-order valence-electron chi connectivity index (χ0n) is 26.2. The Kier molecular flexibility index (Phi) is 10.1. The molecule has 2 aromatic heterocycles. The highest BCUT2D eigenvalue weighted by atomic mass is 32.2. The fourth-order valence-electron chi connectivity index (χ4n) is 4.65. The number of sulfonamides is 1. The summed E-state index contributed by atoms with van der Waals surface area (Å²) in [6.45, 7) is 7.50. The van der Waals surface area contributed by atoms with Crippen molar-refractivity contribution in [3.63, 3.8) is 0 Å². The number of methoxy groups -OCH3 is 3. The summed E-state index contributed by atoms with van der Waals surface area (Å²) in [7, 11) is -2.00. The summed E-state index contributed by atoms with van der Waals surface area (Å²) >= 11 is 0. The van der Waals surface area contributed by atoms with Gasteiger partial charge in [0.05, 0.1) is 21.3 Å². The maximum absolute atomic E-state index is 14.7. The Morgan fingerprint density at radius 3 is 2.18 bits per heavy atom. The molecule has 0 saturated carbocycles. The summed E-state index contributed by atoms with van der Waals surface area (Å²) in [5, 5.41) is 18.3. The molecule has 1 N–H and O–H groups in total. The third kappa shape index (κ3) is 7.10. The molecule has 2 heterocycles. The number of benzene rings is 2. The summed E-state index contributed by atoms with van der Waals surface area (Å²) in [5.41, 5.74) is 0.255. The summed E-state index contributed by atoms with van der Waals surface area (Å²) in [6.07, 6.45) is -1.83. The molecule has 0 radical (unpaired) electrons. The third-order valence-corrected chi connectivity index (χ3v) is 11.1. The standard InChI is InChI=1S/C30H37F2N5O6SSi/c1-19(28(38)21-15-14-20(31)18-22(21)32)44(39,40)36(16-17-45(5,6)7)30-35-34-29(23-10-8-13-26(33-23)43-4)37(30)27-24(41-2)11-9-12-25(27)42-3/h8-15,18-19,28,38H,16-17H2,1-7H3/t19-,28+/m0/s1. The van der Waals surface area contributed by atoms with Crippen molar-refractivity contribution in [2.24, 2.45) is 0 Å². The van der Waals surface area contributed by atoms with Crippen LogP contribution in [0.3, 0.4) is 0 Å². The Balaban J connectivity index is 2.00. The van der Waals surface area contributed by atoms with Crippen molar-refractivity contribution in [2.75, 3.05) is 32.2 Å². The van der Waals surface area contributed by atoms with Gasteiger partial charge in [-0.3, -0.25) is 4.57 Å². The first kappa shape index (κ1) is 33.8. The Bertz CT molecular complexity index is 1740. The van der Waals surface area contributed by atoms with Gasteiger partial charge in [-0.05, 0) is 37.2 Å². The van der Waals surface area contributed by atoms with E-state index in [2.05, 4.69) is 34.8 Å². The van der Waals surface area contributed by atoms with Crippen LogP contribution in [0, 0.1) is 11.6 Å². The van der Waals surface area contributed by atoms with Crippen LogP contribution in [0.5, 0.6) is 17.4 Å². The van der Waals surface area contributed by atoms with Crippen molar-refractivity contribution in [1.82, 2.24) is 19.7 Å². The van der Waals surface area contributed by atoms with Crippen molar-refractivity contribution < 1.29 is 36.5 Å². The number of rotatable bonds is 13. The maximum atomic E-state index is 14.7. The number of pyridine rings is 1. The molecule has 242 valence electrons. The predicted octanol–water partition coefficient (Wildman–Crippen LogP) is 5.23. The van der Waals surface area contributed by atoms with Crippen molar-refractivity contribution in [2.45, 2.75) is 44.0 Å². The van der Waals surface area contributed by atoms with E-state index in [-0.39, 0.29) is 29.8 Å². The molecule has 15 heteroatoms. The normalized spacial score (nSPS) is 13.3. The minimum absolute atomic E-state index is 0.0256. The van der Waals surface area contributed by atoms with Crippen LogP contribution in [0.4, 0.5) is 14.7 Å². The van der Waals surface area contributed by atoms with Crippen LogP contribution in [0.15, 0.2) is 54.6 Å². The van der Waals surface area contributed by atoms with Crippen LogP contribution < -0.4 is 18.5 Å². The first-order chi connectivity index (χ1) is 21.2. The van der Waals surface area contributed by atoms with Gasteiger partial charge >= 0.3 is 0 Å². The Hall–Kier alpha value is -4.08. The second kappa shape index (κ2) is 13.5. The van der Waals surface area contributed by atoms with Gasteiger partial charge in [-0.25, -0.2) is 26.5 Å². The Morgan fingerprint density at radius 1 is 0.956 bits per heavy atom. The van der Waals surface area contributed by atoms with Gasteiger partial charge in [-0.1, -0.05) is 37.8 Å². The van der Waals surface area contributed by atoms with Crippen LogP contribution in [0.1, 0.15) is 18.6 Å². The average Bonchev–Trinajstić information content (AvgIpc) is 3.43. The molecule has 2 atom stereocenters. The van der Waals surface area contributed by atoms with E-state index in [4.69, 9.17) is 14.2 Å². The van der Waals surface area contributed by atoms with Gasteiger partial charge in [0.2, 0.25) is 21.9 Å². The monoisotopic (exact) mass is 661 g/mol. The van der Waals surface area contributed by atoms with Crippen molar-refractivity contribution in [1.29, 1.82) is 0 Å². The summed E-state index contributed by atoms with van der Waals surface area (Å²) in [5.74, 6) is -0.962. The van der Waals surface area contributed by atoms with Crippen LogP contribution in [-0.2, 0) is 10.0 Å². The molecule has 0 saturated heterocycles. The number of para-hydroxylation sites is 1. The van der Waals surface area contributed by atoms with Crippen molar-refractivity contribution in [3.8, 4) is 34.6 Å². The minimum atomic E-state index is -4.51. The van der Waals surface area contributed by atoms with Gasteiger partial charge in [-0.2, -0.15) is 0 Å².